The van der Waals surface area contributed by atoms with Crippen LogP contribution in [0.25, 0.3) is 10.2 Å². The normalized spacial score (nSPS) is 15.9. The minimum Gasteiger partial charge on any atom is -0.482 e. The summed E-state index contributed by atoms with van der Waals surface area (Å²) >= 11 is 1.14. The summed E-state index contributed by atoms with van der Waals surface area (Å²) in [5.41, 5.74) is 1.07. The van der Waals surface area contributed by atoms with Crippen molar-refractivity contribution in [2.24, 2.45) is 0 Å². The number of ketones is 1. The van der Waals surface area contributed by atoms with Gasteiger partial charge in [-0.05, 0) is 62.8 Å². The first-order chi connectivity index (χ1) is 17.9. The van der Waals surface area contributed by atoms with E-state index >= 15 is 0 Å². The van der Waals surface area contributed by atoms with Gasteiger partial charge in [0.05, 0.1) is 23.9 Å². The second-order valence-corrected chi connectivity index (χ2v) is 10.5. The largest absolute Gasteiger partial charge is 0.482 e. The zero-order valence-electron chi connectivity index (χ0n) is 21.0. The predicted molar refractivity (Wildman–Crippen MR) is 140 cm³/mol. The Balaban J connectivity index is 1.39. The Labute approximate surface area is 218 Å². The monoisotopic (exact) mass is 523 g/mol. The molecule has 0 bridgehead atoms. The van der Waals surface area contributed by atoms with Crippen LogP contribution in [0.2, 0.25) is 0 Å². The maximum Gasteiger partial charge on any atom is 0.348 e. The number of thiophene rings is 1. The fourth-order valence-electron chi connectivity index (χ4n) is 4.94. The van der Waals surface area contributed by atoms with Gasteiger partial charge in [0.2, 0.25) is 0 Å². The summed E-state index contributed by atoms with van der Waals surface area (Å²) < 4.78 is 12.5. The van der Waals surface area contributed by atoms with Crippen molar-refractivity contribution in [3.05, 3.63) is 50.9 Å². The van der Waals surface area contributed by atoms with Crippen LogP contribution in [0.15, 0.2) is 29.3 Å². The Morgan fingerprint density at radius 1 is 1.19 bits per heavy atom. The fourth-order valence-corrected chi connectivity index (χ4v) is 5.97. The highest BCUT2D eigenvalue weighted by atomic mass is 32.1. The van der Waals surface area contributed by atoms with Crippen molar-refractivity contribution in [2.75, 3.05) is 18.1 Å². The average Bonchev–Trinajstić information content (AvgIpc) is 3.24. The lowest BCUT2D eigenvalue weighted by atomic mass is 9.98. The second kappa shape index (κ2) is 10.5. The van der Waals surface area contributed by atoms with Gasteiger partial charge < -0.3 is 14.4 Å². The molecule has 2 aliphatic rings. The molecule has 1 amide bonds. The van der Waals surface area contributed by atoms with Crippen LogP contribution in [-0.2, 0) is 16.1 Å². The molecule has 0 radical (unpaired) electrons. The van der Waals surface area contributed by atoms with E-state index < -0.39 is 5.97 Å². The summed E-state index contributed by atoms with van der Waals surface area (Å²) in [5.74, 6) is -0.329. The number of esters is 1. The number of rotatable bonds is 7. The SMILES string of the molecule is CCCN1C(=O)COc2ccc(C(=O)Cn3cnc4sc(C(=O)OC5CCCCC5)c(C)c4c3=O)cc21. The zero-order chi connectivity index (χ0) is 26.1. The van der Waals surface area contributed by atoms with Crippen LogP contribution < -0.4 is 15.2 Å². The molecule has 1 aromatic carbocycles. The van der Waals surface area contributed by atoms with Crippen molar-refractivity contribution in [1.82, 2.24) is 9.55 Å². The number of hydrogen-bond donors (Lipinski definition) is 0. The van der Waals surface area contributed by atoms with Gasteiger partial charge in [-0.2, -0.15) is 0 Å². The number of aromatic nitrogens is 2. The standard InChI is InChI=1S/C27H29N3O6S/c1-3-11-30-19-12-17(9-10-21(19)35-14-22(30)32)20(31)13-29-15-28-25-23(26(29)33)16(2)24(37-25)27(34)36-18-7-5-4-6-8-18/h9-10,12,15,18H,3-8,11,13-14H2,1-2H3. The molecular formula is C27H29N3O6S. The number of benzene rings is 1. The van der Waals surface area contributed by atoms with Gasteiger partial charge in [-0.15, -0.1) is 11.3 Å². The summed E-state index contributed by atoms with van der Waals surface area (Å²) in [6, 6.07) is 4.94. The maximum absolute atomic E-state index is 13.3. The van der Waals surface area contributed by atoms with E-state index in [2.05, 4.69) is 4.98 Å². The van der Waals surface area contributed by atoms with E-state index in [-0.39, 0.29) is 36.5 Å². The summed E-state index contributed by atoms with van der Waals surface area (Å²) in [6.07, 6.45) is 7.00. The van der Waals surface area contributed by atoms with Crippen LogP contribution in [0.1, 0.15) is 71.0 Å². The van der Waals surface area contributed by atoms with Gasteiger partial charge in [0.15, 0.2) is 12.4 Å². The molecule has 1 aliphatic carbocycles. The van der Waals surface area contributed by atoms with Crippen molar-refractivity contribution < 1.29 is 23.9 Å². The summed E-state index contributed by atoms with van der Waals surface area (Å²) in [7, 11) is 0. The molecule has 0 unspecified atom stereocenters. The van der Waals surface area contributed by atoms with Gasteiger partial charge in [0.25, 0.3) is 11.5 Å². The van der Waals surface area contributed by atoms with Crippen LogP contribution in [0, 0.1) is 6.92 Å². The third-order valence-electron chi connectivity index (χ3n) is 6.91. The van der Waals surface area contributed by atoms with E-state index in [1.165, 1.54) is 10.9 Å². The van der Waals surface area contributed by atoms with Gasteiger partial charge in [0.1, 0.15) is 21.6 Å². The minimum atomic E-state index is -0.420. The van der Waals surface area contributed by atoms with E-state index in [0.717, 1.165) is 49.9 Å². The first-order valence-corrected chi connectivity index (χ1v) is 13.5. The Bertz CT molecular complexity index is 1440. The van der Waals surface area contributed by atoms with Crippen molar-refractivity contribution >= 4 is 44.9 Å². The number of fused-ring (bicyclic) bond motifs is 2. The zero-order valence-corrected chi connectivity index (χ0v) is 21.8. The summed E-state index contributed by atoms with van der Waals surface area (Å²) in [6.45, 7) is 3.96. The van der Waals surface area contributed by atoms with Gasteiger partial charge in [-0.25, -0.2) is 9.78 Å². The number of amides is 1. The molecule has 1 aliphatic heterocycles. The lowest BCUT2D eigenvalue weighted by molar-refractivity contribution is -0.121. The topological polar surface area (TPSA) is 108 Å². The third-order valence-corrected chi connectivity index (χ3v) is 8.09. The lowest BCUT2D eigenvalue weighted by Gasteiger charge is -2.29. The molecule has 194 valence electrons. The van der Waals surface area contributed by atoms with Crippen molar-refractivity contribution in [1.29, 1.82) is 0 Å². The number of ether oxygens (including phenoxy) is 2. The molecule has 0 atom stereocenters. The average molecular weight is 524 g/mol. The van der Waals surface area contributed by atoms with E-state index in [1.807, 2.05) is 6.92 Å². The van der Waals surface area contributed by atoms with Gasteiger partial charge in [-0.3, -0.25) is 19.0 Å². The van der Waals surface area contributed by atoms with E-state index in [4.69, 9.17) is 9.47 Å². The van der Waals surface area contributed by atoms with E-state index in [1.54, 1.807) is 30.0 Å². The molecule has 3 heterocycles. The highest BCUT2D eigenvalue weighted by Crippen LogP contribution is 2.33. The van der Waals surface area contributed by atoms with Gasteiger partial charge in [-0.1, -0.05) is 13.3 Å². The summed E-state index contributed by atoms with van der Waals surface area (Å²) in [4.78, 5) is 58.4. The predicted octanol–water partition coefficient (Wildman–Crippen LogP) is 4.27. The fraction of sp³-hybridized carbons (Fsp3) is 0.444. The van der Waals surface area contributed by atoms with Crippen LogP contribution in [0.3, 0.4) is 0 Å². The van der Waals surface area contributed by atoms with E-state index in [0.29, 0.717) is 44.2 Å². The second-order valence-electron chi connectivity index (χ2n) is 9.52. The molecule has 0 N–H and O–H groups in total. The number of anilines is 1. The highest BCUT2D eigenvalue weighted by molar-refractivity contribution is 7.20. The Hall–Kier alpha value is -3.53. The molecule has 9 nitrogen and oxygen atoms in total. The van der Waals surface area contributed by atoms with Crippen LogP contribution in [0.5, 0.6) is 5.75 Å². The first kappa shape index (κ1) is 25.1. The highest BCUT2D eigenvalue weighted by Gasteiger charge is 2.27. The molecule has 0 spiro atoms. The number of nitrogens with zero attached hydrogens (tertiary/aromatic N) is 3. The Morgan fingerprint density at radius 3 is 2.73 bits per heavy atom. The number of carbonyl (C=O) groups is 3. The number of Topliss-reactive ketones (excluding diaryl/α,β-unsaturated/α-hetero) is 1. The Kier molecular flexibility index (Phi) is 7.10. The first-order valence-electron chi connectivity index (χ1n) is 12.7. The summed E-state index contributed by atoms with van der Waals surface area (Å²) in [5, 5.41) is 0.328. The molecule has 10 heteroatoms. The molecule has 1 fully saturated rings. The van der Waals surface area contributed by atoms with Gasteiger partial charge >= 0.3 is 5.97 Å². The third kappa shape index (κ3) is 4.90. The maximum atomic E-state index is 13.3. The van der Waals surface area contributed by atoms with Crippen LogP contribution in [0.4, 0.5) is 5.69 Å². The number of carbonyl (C=O) groups excluding carboxylic acids is 3. The number of hydrogen-bond acceptors (Lipinski definition) is 8. The van der Waals surface area contributed by atoms with Crippen LogP contribution >= 0.6 is 11.3 Å². The molecule has 3 aromatic rings. The number of aryl methyl sites for hydroxylation is 1. The van der Waals surface area contributed by atoms with Gasteiger partial charge in [0, 0.05) is 12.1 Å². The van der Waals surface area contributed by atoms with Crippen molar-refractivity contribution in [3.63, 3.8) is 0 Å². The molecule has 37 heavy (non-hydrogen) atoms. The molecule has 1 saturated carbocycles. The minimum absolute atomic E-state index is 0.0302. The smallest absolute Gasteiger partial charge is 0.348 e. The molecule has 5 rings (SSSR count). The quantitative estimate of drug-likeness (QED) is 0.336. The molecule has 0 saturated heterocycles. The van der Waals surface area contributed by atoms with Crippen molar-refractivity contribution in [3.8, 4) is 5.75 Å². The van der Waals surface area contributed by atoms with E-state index in [9.17, 15) is 19.2 Å². The molecule has 2 aromatic heterocycles. The van der Waals surface area contributed by atoms with Crippen LogP contribution in [-0.4, -0.2) is 46.5 Å². The lowest BCUT2D eigenvalue weighted by Crippen LogP contribution is -2.39. The van der Waals surface area contributed by atoms with Crippen molar-refractivity contribution in [2.45, 2.75) is 65.0 Å². The Morgan fingerprint density at radius 2 is 1.97 bits per heavy atom. The molecular weight excluding hydrogens is 494 g/mol.